The number of aryl methyl sites for hydroxylation is 1. The molecular weight excluding hydrogens is 352 g/mol. The number of hydrogen-bond acceptors (Lipinski definition) is 4. The smallest absolute Gasteiger partial charge is 0.273 e. The number of nitrogens with zero attached hydrogens (tertiary/aromatic N) is 4. The molecule has 0 saturated carbocycles. The lowest BCUT2D eigenvalue weighted by atomic mass is 9.87. The van der Waals surface area contributed by atoms with Gasteiger partial charge < -0.3 is 9.64 Å². The first-order chi connectivity index (χ1) is 13.3. The van der Waals surface area contributed by atoms with Crippen LogP contribution in [0.3, 0.4) is 0 Å². The van der Waals surface area contributed by atoms with Crippen molar-refractivity contribution in [2.75, 3.05) is 13.1 Å². The SMILES string of the molecule is Cc1nc2ncccn2c1C(=O)N1C[C@@H](c2ccccc2)O[C@@H](C(C)(C)C)C1. The maximum atomic E-state index is 13.5. The van der Waals surface area contributed by atoms with Crippen molar-refractivity contribution >= 4 is 11.7 Å². The summed E-state index contributed by atoms with van der Waals surface area (Å²) in [4.78, 5) is 24.1. The lowest BCUT2D eigenvalue weighted by molar-refractivity contribution is -0.119. The summed E-state index contributed by atoms with van der Waals surface area (Å²) >= 11 is 0. The molecule has 3 heterocycles. The number of fused-ring (bicyclic) bond motifs is 1. The molecule has 1 aromatic carbocycles. The zero-order valence-corrected chi connectivity index (χ0v) is 16.8. The monoisotopic (exact) mass is 378 g/mol. The van der Waals surface area contributed by atoms with Crippen LogP contribution in [0.5, 0.6) is 0 Å². The summed E-state index contributed by atoms with van der Waals surface area (Å²) in [7, 11) is 0. The number of hydrogen-bond donors (Lipinski definition) is 0. The fourth-order valence-corrected chi connectivity index (χ4v) is 3.66. The molecule has 0 spiro atoms. The first kappa shape index (κ1) is 18.6. The minimum atomic E-state index is -0.152. The molecule has 0 aliphatic carbocycles. The second-order valence-electron chi connectivity index (χ2n) is 8.44. The zero-order chi connectivity index (χ0) is 19.9. The Morgan fingerprint density at radius 3 is 2.61 bits per heavy atom. The Morgan fingerprint density at radius 2 is 1.89 bits per heavy atom. The zero-order valence-electron chi connectivity index (χ0n) is 16.8. The third kappa shape index (κ3) is 3.40. The Labute approximate surface area is 165 Å². The number of rotatable bonds is 2. The van der Waals surface area contributed by atoms with Gasteiger partial charge in [0.2, 0.25) is 5.78 Å². The van der Waals surface area contributed by atoms with Gasteiger partial charge in [0.25, 0.3) is 5.91 Å². The van der Waals surface area contributed by atoms with Crippen molar-refractivity contribution in [3.8, 4) is 0 Å². The number of benzene rings is 1. The fourth-order valence-electron chi connectivity index (χ4n) is 3.66. The van der Waals surface area contributed by atoms with Gasteiger partial charge in [0, 0.05) is 18.9 Å². The summed E-state index contributed by atoms with van der Waals surface area (Å²) in [6, 6.07) is 11.9. The minimum absolute atomic E-state index is 0.0310. The summed E-state index contributed by atoms with van der Waals surface area (Å²) in [6.07, 6.45) is 3.31. The van der Waals surface area contributed by atoms with Crippen LogP contribution >= 0.6 is 0 Å². The number of carbonyl (C=O) groups is 1. The van der Waals surface area contributed by atoms with E-state index in [2.05, 4.69) is 42.9 Å². The Morgan fingerprint density at radius 1 is 1.14 bits per heavy atom. The van der Waals surface area contributed by atoms with Gasteiger partial charge in [-0.25, -0.2) is 9.97 Å². The highest BCUT2D eigenvalue weighted by Gasteiger charge is 2.38. The third-order valence-corrected chi connectivity index (χ3v) is 5.31. The molecule has 1 amide bonds. The van der Waals surface area contributed by atoms with Gasteiger partial charge in [-0.1, -0.05) is 51.1 Å². The Kier molecular flexibility index (Phi) is 4.67. The van der Waals surface area contributed by atoms with Gasteiger partial charge in [0.05, 0.1) is 18.3 Å². The van der Waals surface area contributed by atoms with Crippen LogP contribution in [-0.2, 0) is 4.74 Å². The predicted molar refractivity (Wildman–Crippen MR) is 107 cm³/mol. The van der Waals surface area contributed by atoms with E-state index in [0.29, 0.717) is 30.3 Å². The van der Waals surface area contributed by atoms with E-state index in [1.54, 1.807) is 10.6 Å². The number of imidazole rings is 1. The Bertz CT molecular complexity index is 991. The van der Waals surface area contributed by atoms with Crippen LogP contribution in [0.2, 0.25) is 0 Å². The molecule has 0 bridgehead atoms. The van der Waals surface area contributed by atoms with Gasteiger partial charge in [0.1, 0.15) is 11.8 Å². The van der Waals surface area contributed by atoms with Crippen LogP contribution in [0.25, 0.3) is 5.78 Å². The van der Waals surface area contributed by atoms with Crippen molar-refractivity contribution < 1.29 is 9.53 Å². The van der Waals surface area contributed by atoms with Gasteiger partial charge in [0.15, 0.2) is 0 Å². The maximum Gasteiger partial charge on any atom is 0.273 e. The molecule has 0 N–H and O–H groups in total. The van der Waals surface area contributed by atoms with Crippen LogP contribution in [0.1, 0.15) is 48.6 Å². The first-order valence-electron chi connectivity index (χ1n) is 9.64. The van der Waals surface area contributed by atoms with E-state index < -0.39 is 0 Å². The molecule has 6 heteroatoms. The summed E-state index contributed by atoms with van der Waals surface area (Å²) in [5, 5.41) is 0. The number of aromatic nitrogens is 3. The molecule has 2 atom stereocenters. The maximum absolute atomic E-state index is 13.5. The van der Waals surface area contributed by atoms with E-state index in [1.165, 1.54) is 0 Å². The lowest BCUT2D eigenvalue weighted by Crippen LogP contribution is -2.51. The van der Waals surface area contributed by atoms with Crippen molar-refractivity contribution in [1.82, 2.24) is 19.3 Å². The molecule has 4 rings (SSSR count). The average Bonchev–Trinajstić information content (AvgIpc) is 3.02. The van der Waals surface area contributed by atoms with Crippen molar-refractivity contribution in [2.45, 2.75) is 39.9 Å². The molecule has 1 aliphatic heterocycles. The van der Waals surface area contributed by atoms with E-state index in [9.17, 15) is 4.79 Å². The Hall–Kier alpha value is -2.73. The molecule has 2 aromatic heterocycles. The highest BCUT2D eigenvalue weighted by atomic mass is 16.5. The molecule has 0 unspecified atom stereocenters. The topological polar surface area (TPSA) is 59.7 Å². The summed E-state index contributed by atoms with van der Waals surface area (Å²) in [5.41, 5.74) is 2.27. The molecule has 6 nitrogen and oxygen atoms in total. The first-order valence-corrected chi connectivity index (χ1v) is 9.64. The van der Waals surface area contributed by atoms with Crippen LogP contribution in [0.4, 0.5) is 0 Å². The molecular formula is C22H26N4O2. The van der Waals surface area contributed by atoms with Gasteiger partial charge in [-0.3, -0.25) is 9.20 Å². The van der Waals surface area contributed by atoms with E-state index in [0.717, 1.165) is 5.56 Å². The summed E-state index contributed by atoms with van der Waals surface area (Å²) in [6.45, 7) is 9.38. The van der Waals surface area contributed by atoms with Crippen molar-refractivity contribution in [2.24, 2.45) is 5.41 Å². The molecule has 1 fully saturated rings. The van der Waals surface area contributed by atoms with Crippen molar-refractivity contribution in [3.05, 3.63) is 65.7 Å². The fraction of sp³-hybridized carbons (Fsp3) is 0.409. The second kappa shape index (κ2) is 7.02. The largest absolute Gasteiger partial charge is 0.366 e. The standard InChI is InChI=1S/C22H26N4O2/c1-15-19(26-12-8-11-23-21(26)24-15)20(27)25-13-17(16-9-6-5-7-10-16)28-18(14-25)22(2,3)4/h5-12,17-18H,13-14H2,1-4H3/t17-,18+/m0/s1. The highest BCUT2D eigenvalue weighted by Crippen LogP contribution is 2.34. The van der Waals surface area contributed by atoms with Crippen LogP contribution in [-0.4, -0.2) is 44.4 Å². The molecule has 3 aromatic rings. The number of carbonyl (C=O) groups excluding carboxylic acids is 1. The number of morpholine rings is 1. The van der Waals surface area contributed by atoms with Crippen molar-refractivity contribution in [1.29, 1.82) is 0 Å². The van der Waals surface area contributed by atoms with E-state index in [1.807, 2.05) is 42.3 Å². The van der Waals surface area contributed by atoms with Crippen LogP contribution in [0.15, 0.2) is 48.8 Å². The quantitative estimate of drug-likeness (QED) is 0.683. The Balaban J connectivity index is 1.70. The summed E-state index contributed by atoms with van der Waals surface area (Å²) in [5.74, 6) is 0.514. The van der Waals surface area contributed by atoms with Crippen LogP contribution in [0, 0.1) is 12.3 Å². The average molecular weight is 378 g/mol. The van der Waals surface area contributed by atoms with E-state index in [-0.39, 0.29) is 23.5 Å². The van der Waals surface area contributed by atoms with Gasteiger partial charge in [-0.2, -0.15) is 0 Å². The number of amides is 1. The third-order valence-electron chi connectivity index (χ3n) is 5.31. The molecule has 1 saturated heterocycles. The van der Waals surface area contributed by atoms with Gasteiger partial charge in [-0.15, -0.1) is 0 Å². The molecule has 0 radical (unpaired) electrons. The predicted octanol–water partition coefficient (Wildman–Crippen LogP) is 3.67. The number of ether oxygens (including phenoxy) is 1. The lowest BCUT2D eigenvalue weighted by Gasteiger charge is -2.43. The highest BCUT2D eigenvalue weighted by molar-refractivity contribution is 5.94. The van der Waals surface area contributed by atoms with E-state index >= 15 is 0 Å². The molecule has 1 aliphatic rings. The van der Waals surface area contributed by atoms with Gasteiger partial charge in [-0.05, 0) is 24.0 Å². The summed E-state index contributed by atoms with van der Waals surface area (Å²) < 4.78 is 8.20. The van der Waals surface area contributed by atoms with Gasteiger partial charge >= 0.3 is 0 Å². The normalized spacial score (nSPS) is 20.5. The minimum Gasteiger partial charge on any atom is -0.366 e. The molecule has 28 heavy (non-hydrogen) atoms. The molecule has 146 valence electrons. The van der Waals surface area contributed by atoms with E-state index in [4.69, 9.17) is 4.74 Å². The van der Waals surface area contributed by atoms with Crippen molar-refractivity contribution in [3.63, 3.8) is 0 Å². The van der Waals surface area contributed by atoms with Crippen LogP contribution < -0.4 is 0 Å². The second-order valence-corrected chi connectivity index (χ2v) is 8.44.